The van der Waals surface area contributed by atoms with E-state index < -0.39 is 47.8 Å². The lowest BCUT2D eigenvalue weighted by Crippen LogP contribution is -2.44. The maximum Gasteiger partial charge on any atom is 0.341 e. The van der Waals surface area contributed by atoms with Crippen LogP contribution in [0.25, 0.3) is 11.0 Å². The Morgan fingerprint density at radius 1 is 1.29 bits per heavy atom. The zero-order valence-electron chi connectivity index (χ0n) is 16.0. The summed E-state index contributed by atoms with van der Waals surface area (Å²) in [5, 5.41) is 23.7. The Kier molecular flexibility index (Phi) is 5.05. The molecule has 3 heterocycles. The van der Waals surface area contributed by atoms with Gasteiger partial charge in [-0.1, -0.05) is 12.1 Å². The van der Waals surface area contributed by atoms with Crippen LogP contribution in [0.2, 0.25) is 0 Å². The molecule has 4 rings (SSSR count). The van der Waals surface area contributed by atoms with Crippen molar-refractivity contribution in [3.8, 4) is 5.75 Å². The lowest BCUT2D eigenvalue weighted by atomic mass is 10.0. The van der Waals surface area contributed by atoms with E-state index in [0.29, 0.717) is 15.7 Å². The van der Waals surface area contributed by atoms with Crippen molar-refractivity contribution in [1.29, 1.82) is 0 Å². The lowest BCUT2D eigenvalue weighted by Gasteiger charge is -2.30. The predicted octanol–water partition coefficient (Wildman–Crippen LogP) is 1.57. The molecule has 8 nitrogen and oxygen atoms in total. The molecule has 0 aliphatic carbocycles. The van der Waals surface area contributed by atoms with E-state index in [1.165, 1.54) is 30.5 Å². The molecule has 31 heavy (non-hydrogen) atoms. The molecule has 0 atom stereocenters. The molecule has 1 amide bonds. The zero-order valence-corrected chi connectivity index (χ0v) is 16.0. The van der Waals surface area contributed by atoms with Gasteiger partial charge in [-0.05, 0) is 17.7 Å². The van der Waals surface area contributed by atoms with Crippen LogP contribution < -0.4 is 16.2 Å². The van der Waals surface area contributed by atoms with Gasteiger partial charge < -0.3 is 20.8 Å². The molecular formula is C20H17F3N4O4. The number of aliphatic hydroxyl groups excluding tert-OH is 1. The number of hydrogen-bond acceptors (Lipinski definition) is 6. The van der Waals surface area contributed by atoms with Gasteiger partial charge in [0, 0.05) is 24.7 Å². The third-order valence-electron chi connectivity index (χ3n) is 4.92. The molecule has 0 spiro atoms. The summed E-state index contributed by atoms with van der Waals surface area (Å²) in [6.07, 6.45) is 1.36. The maximum atomic E-state index is 14.5. The van der Waals surface area contributed by atoms with Crippen LogP contribution >= 0.6 is 0 Å². The summed E-state index contributed by atoms with van der Waals surface area (Å²) in [6.45, 7) is -1.67. The maximum absolute atomic E-state index is 14.5. The van der Waals surface area contributed by atoms with Gasteiger partial charge >= 0.3 is 6.05 Å². The van der Waals surface area contributed by atoms with E-state index in [-0.39, 0.29) is 29.7 Å². The first-order chi connectivity index (χ1) is 14.7. The molecule has 1 aromatic carbocycles. The number of halogens is 3. The van der Waals surface area contributed by atoms with Crippen LogP contribution in [-0.4, -0.2) is 44.9 Å². The van der Waals surface area contributed by atoms with E-state index in [2.05, 4.69) is 15.6 Å². The highest BCUT2D eigenvalue weighted by Crippen LogP contribution is 2.38. The predicted molar refractivity (Wildman–Crippen MR) is 105 cm³/mol. The lowest BCUT2D eigenvalue weighted by molar-refractivity contribution is 0.0113. The van der Waals surface area contributed by atoms with Crippen LogP contribution in [-0.2, 0) is 13.0 Å². The normalized spacial score (nSPS) is 14.3. The molecule has 3 aromatic rings. The number of anilines is 1. The molecule has 0 saturated heterocycles. The molecular weight excluding hydrogens is 417 g/mol. The van der Waals surface area contributed by atoms with Crippen molar-refractivity contribution in [2.24, 2.45) is 0 Å². The molecule has 162 valence electrons. The molecule has 0 unspecified atom stereocenters. The summed E-state index contributed by atoms with van der Waals surface area (Å²) in [4.78, 5) is 29.3. The highest BCUT2D eigenvalue weighted by atomic mass is 19.3. The van der Waals surface area contributed by atoms with Crippen molar-refractivity contribution in [2.75, 3.05) is 18.5 Å². The summed E-state index contributed by atoms with van der Waals surface area (Å²) < 4.78 is 42.8. The molecule has 2 aromatic heterocycles. The second kappa shape index (κ2) is 7.58. The Hall–Kier alpha value is -3.60. The van der Waals surface area contributed by atoms with E-state index >= 15 is 0 Å². The van der Waals surface area contributed by atoms with Gasteiger partial charge in [-0.25, -0.2) is 4.39 Å². The molecule has 0 fully saturated rings. The van der Waals surface area contributed by atoms with E-state index in [9.17, 15) is 27.9 Å². The summed E-state index contributed by atoms with van der Waals surface area (Å²) >= 11 is 0. The van der Waals surface area contributed by atoms with Gasteiger partial charge in [0.1, 0.15) is 23.4 Å². The van der Waals surface area contributed by atoms with E-state index in [4.69, 9.17) is 5.11 Å². The molecule has 0 bridgehead atoms. The van der Waals surface area contributed by atoms with Crippen molar-refractivity contribution < 1.29 is 28.2 Å². The number of hydrogen-bond donors (Lipinski definition) is 4. The first-order valence-electron chi connectivity index (χ1n) is 9.28. The van der Waals surface area contributed by atoms with Crippen LogP contribution in [0, 0.1) is 5.82 Å². The Balaban J connectivity index is 1.93. The standard InChI is InChI=1S/C20H17F3N4O4/c21-12-3-1-10(2-4-12)7-11-8-25-15-16-14(11)26-20(22,23)9-27(16)19(31)13(17(15)29)18(30)24-5-6-28/h1-4,8,26,28-29H,5-7,9H2,(H,24,30). The number of aromatic nitrogens is 2. The average Bonchev–Trinajstić information content (AvgIpc) is 2.72. The topological polar surface area (TPSA) is 116 Å². The third kappa shape index (κ3) is 3.67. The first-order valence-corrected chi connectivity index (χ1v) is 9.28. The number of rotatable bonds is 5. The van der Waals surface area contributed by atoms with E-state index in [1.807, 2.05) is 0 Å². The average molecular weight is 434 g/mol. The fourth-order valence-electron chi connectivity index (χ4n) is 3.56. The zero-order chi connectivity index (χ0) is 22.3. The summed E-state index contributed by atoms with van der Waals surface area (Å²) in [6, 6.07) is 1.93. The molecule has 1 aliphatic heterocycles. The van der Waals surface area contributed by atoms with Gasteiger partial charge in [-0.15, -0.1) is 0 Å². The van der Waals surface area contributed by atoms with Crippen LogP contribution in [0.1, 0.15) is 21.5 Å². The Morgan fingerprint density at radius 3 is 2.68 bits per heavy atom. The monoisotopic (exact) mass is 434 g/mol. The van der Waals surface area contributed by atoms with Crippen molar-refractivity contribution in [3.05, 3.63) is 63.3 Å². The number of nitrogens with one attached hydrogen (secondary N) is 2. The Labute approximate surface area is 173 Å². The second-order valence-corrected chi connectivity index (χ2v) is 7.08. The molecule has 11 heteroatoms. The fourth-order valence-corrected chi connectivity index (χ4v) is 3.56. The van der Waals surface area contributed by atoms with Gasteiger partial charge in [-0.3, -0.25) is 19.1 Å². The Bertz CT molecular complexity index is 1240. The summed E-state index contributed by atoms with van der Waals surface area (Å²) in [5.41, 5.74) is -1.30. The minimum absolute atomic E-state index is 0.0632. The summed E-state index contributed by atoms with van der Waals surface area (Å²) in [7, 11) is 0. The molecule has 1 aliphatic rings. The third-order valence-corrected chi connectivity index (χ3v) is 4.92. The van der Waals surface area contributed by atoms with E-state index in [0.717, 1.165) is 0 Å². The number of aromatic hydroxyl groups is 1. The number of alkyl halides is 2. The summed E-state index contributed by atoms with van der Waals surface area (Å²) in [5.74, 6) is -2.20. The minimum Gasteiger partial charge on any atom is -0.505 e. The van der Waals surface area contributed by atoms with Crippen LogP contribution in [0.15, 0.2) is 35.3 Å². The SMILES string of the molecule is O=C(NCCO)c1c(O)c2ncc(Cc3ccc(F)cc3)c3c2n(c1=O)CC(F)(F)N3. The van der Waals surface area contributed by atoms with Crippen LogP contribution in [0.4, 0.5) is 18.9 Å². The van der Waals surface area contributed by atoms with E-state index in [1.54, 1.807) is 0 Å². The van der Waals surface area contributed by atoms with Gasteiger partial charge in [0.05, 0.1) is 17.8 Å². The first kappa shape index (κ1) is 20.7. The van der Waals surface area contributed by atoms with Crippen LogP contribution in [0.3, 0.4) is 0 Å². The van der Waals surface area contributed by atoms with Gasteiger partial charge in [-0.2, -0.15) is 8.78 Å². The molecule has 4 N–H and O–H groups in total. The largest absolute Gasteiger partial charge is 0.505 e. The molecule has 0 saturated carbocycles. The number of carbonyl (C=O) groups is 1. The van der Waals surface area contributed by atoms with Gasteiger partial charge in [0.15, 0.2) is 5.75 Å². The van der Waals surface area contributed by atoms with Gasteiger partial charge in [0.25, 0.3) is 11.5 Å². The smallest absolute Gasteiger partial charge is 0.341 e. The number of carbonyl (C=O) groups excluding carboxylic acids is 1. The number of amides is 1. The number of nitrogens with zero attached hydrogens (tertiary/aromatic N) is 2. The van der Waals surface area contributed by atoms with Crippen LogP contribution in [0.5, 0.6) is 5.75 Å². The van der Waals surface area contributed by atoms with Crippen molar-refractivity contribution in [3.63, 3.8) is 0 Å². The quantitative estimate of drug-likeness (QED) is 0.453. The number of aliphatic hydroxyl groups is 1. The minimum atomic E-state index is -3.52. The second-order valence-electron chi connectivity index (χ2n) is 7.08. The Morgan fingerprint density at radius 2 is 2.00 bits per heavy atom. The molecule has 0 radical (unpaired) electrons. The van der Waals surface area contributed by atoms with Crippen molar-refractivity contribution in [1.82, 2.24) is 14.9 Å². The number of benzene rings is 1. The number of pyridine rings is 2. The van der Waals surface area contributed by atoms with Crippen molar-refractivity contribution >= 4 is 22.6 Å². The highest BCUT2D eigenvalue weighted by Gasteiger charge is 2.39. The van der Waals surface area contributed by atoms with Gasteiger partial charge in [0.2, 0.25) is 0 Å². The highest BCUT2D eigenvalue weighted by molar-refractivity contribution is 6.04. The fraction of sp³-hybridized carbons (Fsp3) is 0.250. The van der Waals surface area contributed by atoms with Crippen molar-refractivity contribution in [2.45, 2.75) is 19.0 Å².